The van der Waals surface area contributed by atoms with Crippen molar-refractivity contribution >= 4 is 11.8 Å². The second kappa shape index (κ2) is 5.95. The molecule has 0 aliphatic heterocycles. The molecule has 88 valence electrons. The highest BCUT2D eigenvalue weighted by atomic mass is 19.1. The lowest BCUT2D eigenvalue weighted by molar-refractivity contribution is 0.210. The van der Waals surface area contributed by atoms with E-state index in [9.17, 15) is 9.18 Å². The molecule has 0 atom stereocenters. The van der Waals surface area contributed by atoms with Gasteiger partial charge in [-0.05, 0) is 18.6 Å². The van der Waals surface area contributed by atoms with Crippen LogP contribution in [0, 0.1) is 5.82 Å². The number of ether oxygens (including phenoxy) is 1. The van der Waals surface area contributed by atoms with Crippen molar-refractivity contribution in [3.8, 4) is 5.75 Å². The van der Waals surface area contributed by atoms with E-state index >= 15 is 0 Å². The van der Waals surface area contributed by atoms with Gasteiger partial charge in [-0.1, -0.05) is 13.3 Å². The Balaban J connectivity index is 2.64. The predicted octanol–water partition coefficient (Wildman–Crippen LogP) is 2.50. The van der Waals surface area contributed by atoms with Gasteiger partial charge in [0.1, 0.15) is 11.6 Å². The number of hydrogen-bond acceptors (Lipinski definition) is 3. The summed E-state index contributed by atoms with van der Waals surface area (Å²) in [6, 6.07) is 4.13. The van der Waals surface area contributed by atoms with Crippen molar-refractivity contribution in [1.82, 2.24) is 0 Å². The highest BCUT2D eigenvalue weighted by Crippen LogP contribution is 2.20. The van der Waals surface area contributed by atoms with Gasteiger partial charge in [-0.3, -0.25) is 0 Å². The molecule has 0 aliphatic rings. The average molecular weight is 226 g/mol. The third-order valence-corrected chi connectivity index (χ3v) is 2.00. The van der Waals surface area contributed by atoms with Crippen LogP contribution >= 0.6 is 0 Å². The maximum Gasteiger partial charge on any atom is 0.409 e. The number of benzene rings is 1. The van der Waals surface area contributed by atoms with Crippen LogP contribution in [0.5, 0.6) is 5.75 Å². The normalized spacial score (nSPS) is 9.88. The molecule has 0 heterocycles. The van der Waals surface area contributed by atoms with Crippen LogP contribution in [0.3, 0.4) is 0 Å². The van der Waals surface area contributed by atoms with Gasteiger partial charge in [0.2, 0.25) is 0 Å². The van der Waals surface area contributed by atoms with Gasteiger partial charge in [0.25, 0.3) is 0 Å². The molecule has 3 N–H and O–H groups in total. The number of primary amides is 1. The van der Waals surface area contributed by atoms with Crippen molar-refractivity contribution in [2.75, 3.05) is 11.9 Å². The van der Waals surface area contributed by atoms with Crippen LogP contribution in [0.15, 0.2) is 18.2 Å². The molecule has 0 aliphatic carbocycles. The van der Waals surface area contributed by atoms with Crippen molar-refractivity contribution in [2.45, 2.75) is 19.8 Å². The van der Waals surface area contributed by atoms with Crippen LogP contribution in [-0.2, 0) is 0 Å². The molecule has 1 amide bonds. The number of carbonyl (C=O) groups is 1. The van der Waals surface area contributed by atoms with Crippen molar-refractivity contribution in [1.29, 1.82) is 0 Å². The fourth-order valence-electron chi connectivity index (χ4n) is 1.22. The second-order valence-corrected chi connectivity index (χ2v) is 3.34. The number of nitrogens with two attached hydrogens (primary N) is 1. The van der Waals surface area contributed by atoms with E-state index in [1.54, 1.807) is 0 Å². The second-order valence-electron chi connectivity index (χ2n) is 3.34. The Kier molecular flexibility index (Phi) is 4.57. The number of amides is 1. The molecule has 0 unspecified atom stereocenters. The van der Waals surface area contributed by atoms with E-state index in [1.165, 1.54) is 12.1 Å². The molecule has 0 saturated heterocycles. The topological polar surface area (TPSA) is 64.3 Å². The molecule has 5 heteroatoms. The average Bonchev–Trinajstić information content (AvgIpc) is 2.20. The number of unbranched alkanes of at least 4 members (excludes halogenated alkanes) is 1. The Hall–Kier alpha value is -1.78. The molecule has 0 aromatic heterocycles. The molecule has 0 fully saturated rings. The predicted molar refractivity (Wildman–Crippen MR) is 60.0 cm³/mol. The zero-order chi connectivity index (χ0) is 12.0. The SMILES string of the molecule is CCCCNc1ccc(OC(N)=O)cc1F. The van der Waals surface area contributed by atoms with Gasteiger partial charge in [-0.25, -0.2) is 9.18 Å². The smallest absolute Gasteiger partial charge is 0.409 e. The minimum Gasteiger partial charge on any atom is -0.410 e. The molecule has 0 saturated carbocycles. The Labute approximate surface area is 93.6 Å². The Morgan fingerprint density at radius 3 is 2.88 bits per heavy atom. The zero-order valence-electron chi connectivity index (χ0n) is 9.13. The minimum absolute atomic E-state index is 0.103. The first-order valence-corrected chi connectivity index (χ1v) is 5.14. The van der Waals surface area contributed by atoms with Gasteiger partial charge >= 0.3 is 6.09 Å². The molecule has 1 aromatic carbocycles. The Bertz CT molecular complexity index is 369. The van der Waals surface area contributed by atoms with Crippen molar-refractivity contribution in [2.24, 2.45) is 5.73 Å². The van der Waals surface area contributed by atoms with Crippen molar-refractivity contribution < 1.29 is 13.9 Å². The van der Waals surface area contributed by atoms with E-state index in [1.807, 2.05) is 0 Å². The molecular formula is C11H15FN2O2. The third kappa shape index (κ3) is 3.76. The highest BCUT2D eigenvalue weighted by Gasteiger charge is 2.05. The lowest BCUT2D eigenvalue weighted by Crippen LogP contribution is -2.16. The minimum atomic E-state index is -0.953. The number of rotatable bonds is 5. The maximum absolute atomic E-state index is 13.4. The summed E-state index contributed by atoms with van der Waals surface area (Å²) in [5.41, 5.74) is 5.21. The molecule has 0 radical (unpaired) electrons. The first kappa shape index (κ1) is 12.3. The van der Waals surface area contributed by atoms with Gasteiger partial charge in [-0.2, -0.15) is 0 Å². The highest BCUT2D eigenvalue weighted by molar-refractivity contribution is 5.68. The van der Waals surface area contributed by atoms with Crippen LogP contribution in [0.25, 0.3) is 0 Å². The first-order chi connectivity index (χ1) is 7.63. The first-order valence-electron chi connectivity index (χ1n) is 5.14. The largest absolute Gasteiger partial charge is 0.410 e. The molecule has 1 aromatic rings. The Morgan fingerprint density at radius 2 is 2.31 bits per heavy atom. The molecule has 0 bridgehead atoms. The van der Waals surface area contributed by atoms with Crippen LogP contribution in [-0.4, -0.2) is 12.6 Å². The van der Waals surface area contributed by atoms with Gasteiger partial charge < -0.3 is 15.8 Å². The number of halogens is 1. The van der Waals surface area contributed by atoms with E-state index in [4.69, 9.17) is 5.73 Å². The number of hydrogen-bond donors (Lipinski definition) is 2. The van der Waals surface area contributed by atoms with Gasteiger partial charge in [0, 0.05) is 12.6 Å². The molecular weight excluding hydrogens is 211 g/mol. The summed E-state index contributed by atoms with van der Waals surface area (Å²) in [5, 5.41) is 2.95. The van der Waals surface area contributed by atoms with Gasteiger partial charge in [-0.15, -0.1) is 0 Å². The summed E-state index contributed by atoms with van der Waals surface area (Å²) in [6.07, 6.45) is 1.06. The van der Waals surface area contributed by atoms with Gasteiger partial charge in [0.05, 0.1) is 5.69 Å². The molecule has 1 rings (SSSR count). The third-order valence-electron chi connectivity index (χ3n) is 2.00. The van der Waals surface area contributed by atoms with Crippen LogP contribution in [0.4, 0.5) is 14.9 Å². The quantitative estimate of drug-likeness (QED) is 0.758. The van der Waals surface area contributed by atoms with Crippen LogP contribution in [0.2, 0.25) is 0 Å². The summed E-state index contributed by atoms with van der Waals surface area (Å²) in [7, 11) is 0. The summed E-state index contributed by atoms with van der Waals surface area (Å²) in [5.74, 6) is -0.360. The fraction of sp³-hybridized carbons (Fsp3) is 0.364. The summed E-state index contributed by atoms with van der Waals surface area (Å²) >= 11 is 0. The number of nitrogens with one attached hydrogen (secondary N) is 1. The molecule has 4 nitrogen and oxygen atoms in total. The molecule has 16 heavy (non-hydrogen) atoms. The van der Waals surface area contributed by atoms with Crippen molar-refractivity contribution in [3.63, 3.8) is 0 Å². The Morgan fingerprint density at radius 1 is 1.56 bits per heavy atom. The van der Waals surface area contributed by atoms with E-state index in [2.05, 4.69) is 17.0 Å². The lowest BCUT2D eigenvalue weighted by Gasteiger charge is -2.08. The monoisotopic (exact) mass is 226 g/mol. The summed E-state index contributed by atoms with van der Waals surface area (Å²) < 4.78 is 18.0. The fourth-order valence-corrected chi connectivity index (χ4v) is 1.22. The van der Waals surface area contributed by atoms with Crippen molar-refractivity contribution in [3.05, 3.63) is 24.0 Å². The molecule has 0 spiro atoms. The van der Waals surface area contributed by atoms with E-state index in [0.717, 1.165) is 18.9 Å². The van der Waals surface area contributed by atoms with E-state index < -0.39 is 11.9 Å². The van der Waals surface area contributed by atoms with E-state index in [0.29, 0.717) is 12.2 Å². The summed E-state index contributed by atoms with van der Waals surface area (Å²) in [4.78, 5) is 10.4. The van der Waals surface area contributed by atoms with Gasteiger partial charge in [0.15, 0.2) is 0 Å². The number of anilines is 1. The van der Waals surface area contributed by atoms with Crippen LogP contribution < -0.4 is 15.8 Å². The lowest BCUT2D eigenvalue weighted by atomic mass is 10.2. The van der Waals surface area contributed by atoms with Crippen LogP contribution in [0.1, 0.15) is 19.8 Å². The zero-order valence-corrected chi connectivity index (χ0v) is 9.13. The maximum atomic E-state index is 13.4. The standard InChI is InChI=1S/C11H15FN2O2/c1-2-3-6-14-10-5-4-8(7-9(10)12)16-11(13)15/h4-5,7,14H,2-3,6H2,1H3,(H2,13,15). The summed E-state index contributed by atoms with van der Waals surface area (Å²) in [6.45, 7) is 2.77. The van der Waals surface area contributed by atoms with E-state index in [-0.39, 0.29) is 5.75 Å². The number of carbonyl (C=O) groups excluding carboxylic acids is 1.